The van der Waals surface area contributed by atoms with Crippen LogP contribution in [0.2, 0.25) is 0 Å². The van der Waals surface area contributed by atoms with E-state index in [1.807, 2.05) is 0 Å². The van der Waals surface area contributed by atoms with Gasteiger partial charge in [0.15, 0.2) is 11.6 Å². The number of hydrogen-bond acceptors (Lipinski definition) is 3. The highest BCUT2D eigenvalue weighted by atomic mass is 19.1. The highest BCUT2D eigenvalue weighted by Crippen LogP contribution is 2.23. The molecule has 0 unspecified atom stereocenters. The molecule has 0 radical (unpaired) electrons. The molecule has 4 heteroatoms. The monoisotopic (exact) mass is 216 g/mol. The third-order valence-corrected chi connectivity index (χ3v) is 2.18. The van der Waals surface area contributed by atoms with Gasteiger partial charge in [-0.05, 0) is 19.1 Å². The second-order valence-electron chi connectivity index (χ2n) is 3.29. The van der Waals surface area contributed by atoms with Gasteiger partial charge in [0, 0.05) is 18.0 Å². The van der Waals surface area contributed by atoms with Crippen LogP contribution in [0, 0.1) is 5.82 Å². The molecule has 0 saturated carbocycles. The van der Waals surface area contributed by atoms with Gasteiger partial charge in [0.25, 0.3) is 0 Å². The number of rotatable bonds is 2. The summed E-state index contributed by atoms with van der Waals surface area (Å²) in [5.41, 5.74) is 0.460. The van der Waals surface area contributed by atoms with Crippen LogP contribution in [0.5, 0.6) is 0 Å². The van der Waals surface area contributed by atoms with Gasteiger partial charge in [-0.3, -0.25) is 4.79 Å². The molecule has 0 aliphatic heterocycles. The predicted octanol–water partition coefficient (Wildman–Crippen LogP) is 2.49. The number of ketones is 1. The number of carbonyl (C=O) groups is 1. The Morgan fingerprint density at radius 2 is 1.88 bits per heavy atom. The molecule has 1 aromatic carbocycles. The van der Waals surface area contributed by atoms with E-state index in [0.29, 0.717) is 5.56 Å². The highest BCUT2D eigenvalue weighted by molar-refractivity contribution is 6.00. The summed E-state index contributed by atoms with van der Waals surface area (Å²) in [4.78, 5) is 19.3. The Kier molecular flexibility index (Phi) is 2.72. The number of halogens is 1. The standard InChI is InChI=1S/C12H9FN2O/c1-8(16)9-4-2-5-10(13)11(9)12-14-6-3-7-15-12/h2-7H,1H3. The van der Waals surface area contributed by atoms with Gasteiger partial charge in [-0.2, -0.15) is 0 Å². The number of carbonyl (C=O) groups excluding carboxylic acids is 1. The molecule has 0 fully saturated rings. The van der Waals surface area contributed by atoms with E-state index in [9.17, 15) is 9.18 Å². The van der Waals surface area contributed by atoms with Gasteiger partial charge in [0.2, 0.25) is 0 Å². The van der Waals surface area contributed by atoms with Crippen molar-refractivity contribution in [1.82, 2.24) is 9.97 Å². The van der Waals surface area contributed by atoms with E-state index in [1.165, 1.54) is 31.5 Å². The molecule has 0 aliphatic carbocycles. The van der Waals surface area contributed by atoms with Gasteiger partial charge in [0.1, 0.15) is 5.82 Å². The van der Waals surface area contributed by atoms with Crippen molar-refractivity contribution in [3.8, 4) is 11.4 Å². The van der Waals surface area contributed by atoms with E-state index < -0.39 is 5.82 Å². The van der Waals surface area contributed by atoms with E-state index in [-0.39, 0.29) is 17.2 Å². The van der Waals surface area contributed by atoms with Crippen LogP contribution >= 0.6 is 0 Å². The van der Waals surface area contributed by atoms with E-state index >= 15 is 0 Å². The summed E-state index contributed by atoms with van der Waals surface area (Å²) in [6.45, 7) is 1.39. The first-order valence-corrected chi connectivity index (χ1v) is 4.77. The molecular weight excluding hydrogens is 207 g/mol. The van der Waals surface area contributed by atoms with Gasteiger partial charge in [-0.15, -0.1) is 0 Å². The van der Waals surface area contributed by atoms with E-state index in [2.05, 4.69) is 9.97 Å². The molecule has 3 nitrogen and oxygen atoms in total. The van der Waals surface area contributed by atoms with Crippen molar-refractivity contribution >= 4 is 5.78 Å². The predicted molar refractivity (Wildman–Crippen MR) is 57.4 cm³/mol. The molecule has 80 valence electrons. The van der Waals surface area contributed by atoms with Gasteiger partial charge >= 0.3 is 0 Å². The first-order valence-electron chi connectivity index (χ1n) is 4.77. The zero-order valence-electron chi connectivity index (χ0n) is 8.64. The lowest BCUT2D eigenvalue weighted by Crippen LogP contribution is -2.01. The fraction of sp³-hybridized carbons (Fsp3) is 0.0833. The summed E-state index contributed by atoms with van der Waals surface area (Å²) in [6, 6.07) is 5.99. The van der Waals surface area contributed by atoms with Crippen molar-refractivity contribution in [1.29, 1.82) is 0 Å². The molecule has 16 heavy (non-hydrogen) atoms. The van der Waals surface area contributed by atoms with Crippen LogP contribution in [0.1, 0.15) is 17.3 Å². The minimum atomic E-state index is -0.487. The second kappa shape index (κ2) is 4.18. The third-order valence-electron chi connectivity index (χ3n) is 2.18. The molecule has 0 aliphatic rings. The Hall–Kier alpha value is -2.10. The van der Waals surface area contributed by atoms with Gasteiger partial charge in [-0.25, -0.2) is 14.4 Å². The quantitative estimate of drug-likeness (QED) is 0.724. The molecular formula is C12H9FN2O. The van der Waals surface area contributed by atoms with Gasteiger partial charge in [0.05, 0.1) is 5.56 Å². The lowest BCUT2D eigenvalue weighted by atomic mass is 10.0. The average molecular weight is 216 g/mol. The van der Waals surface area contributed by atoms with Crippen LogP contribution < -0.4 is 0 Å². The van der Waals surface area contributed by atoms with Crippen molar-refractivity contribution in [2.45, 2.75) is 6.92 Å². The molecule has 0 N–H and O–H groups in total. The molecule has 0 amide bonds. The Bertz CT molecular complexity index is 526. The minimum Gasteiger partial charge on any atom is -0.294 e. The maximum atomic E-state index is 13.7. The Balaban J connectivity index is 2.68. The van der Waals surface area contributed by atoms with E-state index in [0.717, 1.165) is 0 Å². The fourth-order valence-corrected chi connectivity index (χ4v) is 1.47. The first-order chi connectivity index (χ1) is 7.70. The average Bonchev–Trinajstić information content (AvgIpc) is 2.29. The SMILES string of the molecule is CC(=O)c1cccc(F)c1-c1ncccn1. The lowest BCUT2D eigenvalue weighted by Gasteiger charge is -2.06. The van der Waals surface area contributed by atoms with Crippen LogP contribution in [0.25, 0.3) is 11.4 Å². The zero-order chi connectivity index (χ0) is 11.5. The Morgan fingerprint density at radius 1 is 1.19 bits per heavy atom. The molecule has 2 rings (SSSR count). The summed E-state index contributed by atoms with van der Waals surface area (Å²) in [7, 11) is 0. The van der Waals surface area contributed by atoms with Crippen LogP contribution in [0.15, 0.2) is 36.7 Å². The van der Waals surface area contributed by atoms with Gasteiger partial charge < -0.3 is 0 Å². The molecule has 0 spiro atoms. The molecule has 0 atom stereocenters. The zero-order valence-corrected chi connectivity index (χ0v) is 8.64. The summed E-state index contributed by atoms with van der Waals surface area (Å²) in [5.74, 6) is -0.466. The number of nitrogens with zero attached hydrogens (tertiary/aromatic N) is 2. The number of Topliss-reactive ketones (excluding diaryl/α,β-unsaturated/α-hetero) is 1. The van der Waals surface area contributed by atoms with Crippen molar-refractivity contribution in [2.24, 2.45) is 0 Å². The summed E-state index contributed by atoms with van der Waals surface area (Å²) < 4.78 is 13.7. The number of aromatic nitrogens is 2. The van der Waals surface area contributed by atoms with Crippen LogP contribution in [-0.2, 0) is 0 Å². The van der Waals surface area contributed by atoms with E-state index in [1.54, 1.807) is 12.1 Å². The molecule has 0 saturated heterocycles. The van der Waals surface area contributed by atoms with Crippen molar-refractivity contribution < 1.29 is 9.18 Å². The third kappa shape index (κ3) is 1.82. The summed E-state index contributed by atoms with van der Waals surface area (Å²) in [6.07, 6.45) is 3.03. The maximum absolute atomic E-state index is 13.7. The molecule has 1 aromatic heterocycles. The smallest absolute Gasteiger partial charge is 0.162 e. The van der Waals surface area contributed by atoms with Crippen molar-refractivity contribution in [2.75, 3.05) is 0 Å². The van der Waals surface area contributed by atoms with Crippen LogP contribution in [0.3, 0.4) is 0 Å². The number of hydrogen-bond donors (Lipinski definition) is 0. The van der Waals surface area contributed by atoms with Gasteiger partial charge in [-0.1, -0.05) is 12.1 Å². The normalized spacial score (nSPS) is 10.1. The van der Waals surface area contributed by atoms with E-state index in [4.69, 9.17) is 0 Å². The fourth-order valence-electron chi connectivity index (χ4n) is 1.47. The lowest BCUT2D eigenvalue weighted by molar-refractivity contribution is 0.101. The van der Waals surface area contributed by atoms with Crippen molar-refractivity contribution in [3.63, 3.8) is 0 Å². The molecule has 0 bridgehead atoms. The maximum Gasteiger partial charge on any atom is 0.162 e. The highest BCUT2D eigenvalue weighted by Gasteiger charge is 2.15. The number of benzene rings is 1. The first kappa shape index (κ1) is 10.4. The second-order valence-corrected chi connectivity index (χ2v) is 3.29. The minimum absolute atomic E-state index is 0.163. The topological polar surface area (TPSA) is 42.9 Å². The summed E-state index contributed by atoms with van der Waals surface area (Å²) in [5, 5.41) is 0. The Labute approximate surface area is 92.0 Å². The Morgan fingerprint density at radius 3 is 2.50 bits per heavy atom. The van der Waals surface area contributed by atoms with Crippen molar-refractivity contribution in [3.05, 3.63) is 48.0 Å². The molecule has 1 heterocycles. The largest absolute Gasteiger partial charge is 0.294 e. The van der Waals surface area contributed by atoms with Crippen LogP contribution in [0.4, 0.5) is 4.39 Å². The van der Waals surface area contributed by atoms with Crippen LogP contribution in [-0.4, -0.2) is 15.8 Å². The summed E-state index contributed by atoms with van der Waals surface area (Å²) >= 11 is 0. The molecule has 2 aromatic rings.